The highest BCUT2D eigenvalue weighted by Crippen LogP contribution is 2.55. The van der Waals surface area contributed by atoms with Crippen LogP contribution in [0.15, 0.2) is 30.3 Å². The molecule has 2 heterocycles. The lowest BCUT2D eigenvalue weighted by Crippen LogP contribution is -2.59. The standard InChI is InChI=1S/C24H29N3O2S/c28-22(26-24-13-16-10-17(14-24)12-18(11-16)15-24)21-20(19-4-2-1-3-5-19)25-23(30-21)27-6-8-29-9-7-27/h1-5,16-18H,6-15H2,(H,26,28). The fourth-order valence-corrected chi connectivity index (χ4v) is 7.74. The van der Waals surface area contributed by atoms with E-state index in [0.717, 1.165) is 65.3 Å². The minimum absolute atomic E-state index is 0.0168. The van der Waals surface area contributed by atoms with Gasteiger partial charge in [-0.15, -0.1) is 0 Å². The molecule has 1 aromatic heterocycles. The summed E-state index contributed by atoms with van der Waals surface area (Å²) in [4.78, 5) is 21.6. The van der Waals surface area contributed by atoms with Crippen molar-refractivity contribution in [3.63, 3.8) is 0 Å². The molecule has 2 aromatic rings. The summed E-state index contributed by atoms with van der Waals surface area (Å²) in [5.74, 6) is 2.52. The van der Waals surface area contributed by atoms with E-state index in [9.17, 15) is 4.79 Å². The molecule has 1 saturated heterocycles. The van der Waals surface area contributed by atoms with Crippen molar-refractivity contribution in [1.29, 1.82) is 0 Å². The Bertz CT molecular complexity index is 900. The number of ether oxygens (including phenoxy) is 1. The number of anilines is 1. The van der Waals surface area contributed by atoms with E-state index < -0.39 is 0 Å². The van der Waals surface area contributed by atoms with Gasteiger partial charge in [-0.2, -0.15) is 0 Å². The number of thiazole rings is 1. The van der Waals surface area contributed by atoms with E-state index in [1.807, 2.05) is 18.2 Å². The second-order valence-electron chi connectivity index (χ2n) is 9.79. The van der Waals surface area contributed by atoms with Crippen LogP contribution in [-0.2, 0) is 4.74 Å². The van der Waals surface area contributed by atoms with Gasteiger partial charge in [0.05, 0.1) is 18.9 Å². The maximum Gasteiger partial charge on any atom is 0.264 e. The number of carbonyl (C=O) groups excluding carboxylic acids is 1. The minimum Gasteiger partial charge on any atom is -0.378 e. The van der Waals surface area contributed by atoms with Crippen LogP contribution in [0.3, 0.4) is 0 Å². The molecule has 1 N–H and O–H groups in total. The Labute approximate surface area is 181 Å². The Balaban J connectivity index is 1.32. The zero-order valence-corrected chi connectivity index (χ0v) is 18.1. The first-order valence-corrected chi connectivity index (χ1v) is 12.2. The highest BCUT2D eigenvalue weighted by molar-refractivity contribution is 7.18. The summed E-state index contributed by atoms with van der Waals surface area (Å²) in [7, 11) is 0. The lowest BCUT2D eigenvalue weighted by atomic mass is 9.53. The Morgan fingerprint density at radius 1 is 1.03 bits per heavy atom. The highest BCUT2D eigenvalue weighted by Gasteiger charge is 2.51. The van der Waals surface area contributed by atoms with Gasteiger partial charge >= 0.3 is 0 Å². The highest BCUT2D eigenvalue weighted by atomic mass is 32.1. The molecule has 30 heavy (non-hydrogen) atoms. The number of benzene rings is 1. The summed E-state index contributed by atoms with van der Waals surface area (Å²) in [5, 5.41) is 4.49. The summed E-state index contributed by atoms with van der Waals surface area (Å²) in [6.07, 6.45) is 7.64. The molecule has 7 rings (SSSR count). The fourth-order valence-electron chi connectivity index (χ4n) is 6.71. The number of hydrogen-bond donors (Lipinski definition) is 1. The first-order valence-electron chi connectivity index (χ1n) is 11.4. The van der Waals surface area contributed by atoms with Crippen LogP contribution >= 0.6 is 11.3 Å². The smallest absolute Gasteiger partial charge is 0.264 e. The molecule has 4 saturated carbocycles. The van der Waals surface area contributed by atoms with Gasteiger partial charge in [0, 0.05) is 24.2 Å². The van der Waals surface area contributed by atoms with Crippen LogP contribution in [0.25, 0.3) is 11.3 Å². The van der Waals surface area contributed by atoms with Crippen LogP contribution in [0.4, 0.5) is 5.13 Å². The van der Waals surface area contributed by atoms with E-state index >= 15 is 0 Å². The molecular weight excluding hydrogens is 394 g/mol. The van der Waals surface area contributed by atoms with Crippen molar-refractivity contribution in [2.45, 2.75) is 44.1 Å². The summed E-state index contributed by atoms with van der Waals surface area (Å²) in [6.45, 7) is 3.10. The molecule has 0 atom stereocenters. The predicted octanol–water partition coefficient (Wildman–Crippen LogP) is 4.35. The van der Waals surface area contributed by atoms with Gasteiger partial charge in [-0.1, -0.05) is 41.7 Å². The van der Waals surface area contributed by atoms with Crippen molar-refractivity contribution >= 4 is 22.4 Å². The van der Waals surface area contributed by atoms with E-state index in [0.29, 0.717) is 0 Å². The number of nitrogens with one attached hydrogen (secondary N) is 1. The second kappa shape index (κ2) is 7.34. The number of morpholine rings is 1. The normalized spacial score (nSPS) is 32.4. The molecule has 0 radical (unpaired) electrons. The molecule has 158 valence electrons. The Hall–Kier alpha value is -1.92. The number of carbonyl (C=O) groups is 1. The van der Waals surface area contributed by atoms with E-state index in [-0.39, 0.29) is 11.4 Å². The fraction of sp³-hybridized carbons (Fsp3) is 0.583. The van der Waals surface area contributed by atoms with E-state index in [2.05, 4.69) is 22.3 Å². The van der Waals surface area contributed by atoms with Gasteiger partial charge in [-0.05, 0) is 56.3 Å². The summed E-state index contributed by atoms with van der Waals surface area (Å²) in [6, 6.07) is 10.2. The maximum absolute atomic E-state index is 13.6. The first kappa shape index (κ1) is 18.8. The molecule has 0 spiro atoms. The van der Waals surface area contributed by atoms with Gasteiger partial charge in [-0.3, -0.25) is 4.79 Å². The predicted molar refractivity (Wildman–Crippen MR) is 119 cm³/mol. The number of rotatable bonds is 4. The van der Waals surface area contributed by atoms with E-state index in [1.165, 1.54) is 38.5 Å². The van der Waals surface area contributed by atoms with Crippen LogP contribution in [-0.4, -0.2) is 42.7 Å². The van der Waals surface area contributed by atoms with Crippen LogP contribution in [0, 0.1) is 17.8 Å². The van der Waals surface area contributed by atoms with Crippen LogP contribution in [0.1, 0.15) is 48.2 Å². The van der Waals surface area contributed by atoms with Gasteiger partial charge in [0.25, 0.3) is 5.91 Å². The quantitative estimate of drug-likeness (QED) is 0.795. The van der Waals surface area contributed by atoms with Crippen molar-refractivity contribution in [1.82, 2.24) is 10.3 Å². The number of hydrogen-bond acceptors (Lipinski definition) is 5. The van der Waals surface area contributed by atoms with Crippen molar-refractivity contribution < 1.29 is 9.53 Å². The molecule has 4 bridgehead atoms. The maximum atomic E-state index is 13.6. The molecule has 0 unspecified atom stereocenters. The summed E-state index contributed by atoms with van der Waals surface area (Å²) in [5.41, 5.74) is 1.86. The minimum atomic E-state index is 0.0168. The number of aromatic nitrogens is 1. The molecule has 1 aliphatic heterocycles. The van der Waals surface area contributed by atoms with Crippen LogP contribution < -0.4 is 10.2 Å². The van der Waals surface area contributed by atoms with Gasteiger partial charge < -0.3 is 15.0 Å². The van der Waals surface area contributed by atoms with Crippen molar-refractivity contribution in [3.8, 4) is 11.3 Å². The third-order valence-electron chi connectivity index (χ3n) is 7.57. The molecule has 1 amide bonds. The monoisotopic (exact) mass is 423 g/mol. The van der Waals surface area contributed by atoms with Crippen LogP contribution in [0.2, 0.25) is 0 Å². The summed E-state index contributed by atoms with van der Waals surface area (Å²) >= 11 is 1.54. The average Bonchev–Trinajstić information content (AvgIpc) is 3.20. The van der Waals surface area contributed by atoms with Crippen molar-refractivity contribution in [2.75, 3.05) is 31.2 Å². The lowest BCUT2D eigenvalue weighted by Gasteiger charge is -2.56. The van der Waals surface area contributed by atoms with Gasteiger partial charge in [0.2, 0.25) is 0 Å². The molecule has 1 aromatic carbocycles. The van der Waals surface area contributed by atoms with E-state index in [1.54, 1.807) is 11.3 Å². The SMILES string of the molecule is O=C(NC12CC3CC(CC(C3)C1)C2)c1sc(N2CCOCC2)nc1-c1ccccc1. The number of nitrogens with zero attached hydrogens (tertiary/aromatic N) is 2. The largest absolute Gasteiger partial charge is 0.378 e. The summed E-state index contributed by atoms with van der Waals surface area (Å²) < 4.78 is 5.51. The lowest BCUT2D eigenvalue weighted by molar-refractivity contribution is -0.0166. The molecule has 4 aliphatic carbocycles. The zero-order chi connectivity index (χ0) is 20.1. The topological polar surface area (TPSA) is 54.5 Å². The number of amides is 1. The Kier molecular flexibility index (Phi) is 4.61. The van der Waals surface area contributed by atoms with Gasteiger partial charge in [0.15, 0.2) is 5.13 Å². The first-order chi connectivity index (χ1) is 14.7. The van der Waals surface area contributed by atoms with Crippen molar-refractivity contribution in [3.05, 3.63) is 35.2 Å². The molecular formula is C24H29N3O2S. The Morgan fingerprint density at radius 2 is 1.67 bits per heavy atom. The van der Waals surface area contributed by atoms with Crippen molar-refractivity contribution in [2.24, 2.45) is 17.8 Å². The van der Waals surface area contributed by atoms with Crippen LogP contribution in [0.5, 0.6) is 0 Å². The molecule has 5 nitrogen and oxygen atoms in total. The average molecular weight is 424 g/mol. The third kappa shape index (κ3) is 3.34. The van der Waals surface area contributed by atoms with E-state index in [4.69, 9.17) is 9.72 Å². The van der Waals surface area contributed by atoms with Gasteiger partial charge in [-0.25, -0.2) is 4.98 Å². The Morgan fingerprint density at radius 3 is 2.30 bits per heavy atom. The molecule has 6 heteroatoms. The zero-order valence-electron chi connectivity index (χ0n) is 17.3. The molecule has 5 aliphatic rings. The second-order valence-corrected chi connectivity index (χ2v) is 10.8. The van der Waals surface area contributed by atoms with Gasteiger partial charge in [0.1, 0.15) is 4.88 Å². The molecule has 5 fully saturated rings. The third-order valence-corrected chi connectivity index (χ3v) is 8.68.